The minimum absolute atomic E-state index is 0.0348. The van der Waals surface area contributed by atoms with Gasteiger partial charge >= 0.3 is 5.97 Å². The van der Waals surface area contributed by atoms with Crippen molar-refractivity contribution in [2.75, 3.05) is 5.32 Å². The number of carbonyl (C=O) groups is 2. The lowest BCUT2D eigenvalue weighted by Gasteiger charge is -2.10. The van der Waals surface area contributed by atoms with Crippen LogP contribution in [0.15, 0.2) is 65.1 Å². The molecule has 4 aromatic rings. The molecule has 7 heteroatoms. The summed E-state index contributed by atoms with van der Waals surface area (Å²) in [6.45, 7) is 4.23. The van der Waals surface area contributed by atoms with Crippen LogP contribution in [0.2, 0.25) is 0 Å². The van der Waals surface area contributed by atoms with Crippen molar-refractivity contribution in [3.05, 3.63) is 93.2 Å². The topological polar surface area (TPSA) is 84.2 Å². The van der Waals surface area contributed by atoms with Crippen LogP contribution in [0.25, 0.3) is 10.8 Å². The fourth-order valence-corrected chi connectivity index (χ4v) is 4.44. The molecular formula is C25H22BrN3O3. The van der Waals surface area contributed by atoms with E-state index < -0.39 is 5.97 Å². The van der Waals surface area contributed by atoms with E-state index in [9.17, 15) is 9.59 Å². The van der Waals surface area contributed by atoms with Crippen LogP contribution in [-0.2, 0) is 17.8 Å². The summed E-state index contributed by atoms with van der Waals surface area (Å²) in [5, 5.41) is 18.6. The smallest absolute Gasteiger partial charge is 0.307 e. The first-order chi connectivity index (χ1) is 15.3. The van der Waals surface area contributed by atoms with Gasteiger partial charge in [-0.2, -0.15) is 5.10 Å². The van der Waals surface area contributed by atoms with E-state index in [0.29, 0.717) is 17.8 Å². The molecule has 0 saturated carbocycles. The van der Waals surface area contributed by atoms with Crippen LogP contribution in [0.1, 0.15) is 32.9 Å². The second-order valence-electron chi connectivity index (χ2n) is 7.68. The second-order valence-corrected chi connectivity index (χ2v) is 8.47. The molecule has 0 atom stereocenters. The molecule has 0 aliphatic rings. The normalized spacial score (nSPS) is 11.0. The standard InChI is InChI=1S/C25H22BrN3O3/c1-15-22(13-23(30)31)16(2)29(28-15)14-17-7-10-19(11-8-17)27-25(32)21-12-9-18-5-3-4-6-20(18)24(21)26/h3-12H,13-14H2,1-2H3,(H,27,32)(H,30,31). The predicted molar refractivity (Wildman–Crippen MR) is 128 cm³/mol. The molecule has 0 saturated heterocycles. The van der Waals surface area contributed by atoms with Crippen molar-refractivity contribution >= 4 is 44.3 Å². The molecule has 0 unspecified atom stereocenters. The average molecular weight is 492 g/mol. The fourth-order valence-electron chi connectivity index (χ4n) is 3.77. The van der Waals surface area contributed by atoms with Gasteiger partial charge in [0.15, 0.2) is 0 Å². The lowest BCUT2D eigenvalue weighted by Crippen LogP contribution is -2.13. The van der Waals surface area contributed by atoms with Crippen molar-refractivity contribution in [3.63, 3.8) is 0 Å². The highest BCUT2D eigenvalue weighted by Gasteiger charge is 2.15. The summed E-state index contributed by atoms with van der Waals surface area (Å²) in [5.41, 5.74) is 4.60. The van der Waals surface area contributed by atoms with Gasteiger partial charge in [-0.1, -0.05) is 42.5 Å². The number of fused-ring (bicyclic) bond motifs is 1. The van der Waals surface area contributed by atoms with Crippen molar-refractivity contribution in [1.82, 2.24) is 9.78 Å². The number of carbonyl (C=O) groups excluding carboxylic acids is 1. The number of carboxylic acid groups (broad SMARTS) is 1. The van der Waals surface area contributed by atoms with Crippen molar-refractivity contribution in [2.45, 2.75) is 26.8 Å². The number of hydrogen-bond donors (Lipinski definition) is 2. The van der Waals surface area contributed by atoms with E-state index in [1.807, 2.05) is 79.2 Å². The molecular weight excluding hydrogens is 470 g/mol. The van der Waals surface area contributed by atoms with E-state index in [1.165, 1.54) is 0 Å². The Morgan fingerprint density at radius 1 is 1.03 bits per heavy atom. The summed E-state index contributed by atoms with van der Waals surface area (Å²) in [6.07, 6.45) is -0.0348. The first-order valence-corrected chi connectivity index (χ1v) is 10.9. The van der Waals surface area contributed by atoms with Gasteiger partial charge in [0, 0.05) is 21.4 Å². The van der Waals surface area contributed by atoms with Crippen LogP contribution in [0, 0.1) is 13.8 Å². The zero-order valence-electron chi connectivity index (χ0n) is 17.7. The monoisotopic (exact) mass is 491 g/mol. The number of halogens is 1. The zero-order chi connectivity index (χ0) is 22.8. The highest BCUT2D eigenvalue weighted by atomic mass is 79.9. The maximum Gasteiger partial charge on any atom is 0.307 e. The molecule has 162 valence electrons. The van der Waals surface area contributed by atoms with Crippen LogP contribution >= 0.6 is 15.9 Å². The van der Waals surface area contributed by atoms with Crippen LogP contribution in [0.3, 0.4) is 0 Å². The lowest BCUT2D eigenvalue weighted by atomic mass is 10.1. The molecule has 1 amide bonds. The molecule has 2 N–H and O–H groups in total. The summed E-state index contributed by atoms with van der Waals surface area (Å²) >= 11 is 3.57. The van der Waals surface area contributed by atoms with Crippen molar-refractivity contribution in [1.29, 1.82) is 0 Å². The van der Waals surface area contributed by atoms with E-state index in [1.54, 1.807) is 0 Å². The first-order valence-electron chi connectivity index (χ1n) is 10.2. The summed E-state index contributed by atoms with van der Waals surface area (Å²) in [4.78, 5) is 23.9. The highest BCUT2D eigenvalue weighted by molar-refractivity contribution is 9.10. The van der Waals surface area contributed by atoms with Crippen molar-refractivity contribution in [3.8, 4) is 0 Å². The number of amides is 1. The molecule has 0 aliphatic carbocycles. The first kappa shape index (κ1) is 21.8. The minimum Gasteiger partial charge on any atom is -0.481 e. The van der Waals surface area contributed by atoms with Gasteiger partial charge in [-0.25, -0.2) is 0 Å². The van der Waals surface area contributed by atoms with Crippen molar-refractivity contribution in [2.24, 2.45) is 0 Å². The Bertz CT molecular complexity index is 1330. The Kier molecular flexibility index (Phi) is 6.10. The van der Waals surface area contributed by atoms with Gasteiger partial charge in [-0.15, -0.1) is 0 Å². The molecule has 4 rings (SSSR count). The van der Waals surface area contributed by atoms with Crippen LogP contribution in [0.5, 0.6) is 0 Å². The maximum absolute atomic E-state index is 12.8. The van der Waals surface area contributed by atoms with E-state index in [0.717, 1.165) is 37.8 Å². The second kappa shape index (κ2) is 8.96. The maximum atomic E-state index is 12.8. The Labute approximate surface area is 194 Å². The number of hydrogen-bond acceptors (Lipinski definition) is 3. The Hall–Kier alpha value is -3.45. The van der Waals surface area contributed by atoms with E-state index >= 15 is 0 Å². The Morgan fingerprint density at radius 3 is 2.47 bits per heavy atom. The highest BCUT2D eigenvalue weighted by Crippen LogP contribution is 2.28. The molecule has 32 heavy (non-hydrogen) atoms. The molecule has 0 radical (unpaired) electrons. The van der Waals surface area contributed by atoms with Gasteiger partial charge in [-0.05, 0) is 64.3 Å². The molecule has 3 aromatic carbocycles. The third-order valence-electron chi connectivity index (χ3n) is 5.51. The number of anilines is 1. The van der Waals surface area contributed by atoms with E-state index in [4.69, 9.17) is 5.11 Å². The number of aliphatic carboxylic acids is 1. The van der Waals surface area contributed by atoms with E-state index in [-0.39, 0.29) is 12.3 Å². The summed E-state index contributed by atoms with van der Waals surface area (Å²) in [5.74, 6) is -1.05. The van der Waals surface area contributed by atoms with Gasteiger partial charge in [0.2, 0.25) is 0 Å². The van der Waals surface area contributed by atoms with Gasteiger partial charge in [0.25, 0.3) is 5.91 Å². The number of rotatable bonds is 6. The summed E-state index contributed by atoms with van der Waals surface area (Å²) in [6, 6.07) is 19.2. The third-order valence-corrected chi connectivity index (χ3v) is 6.37. The molecule has 0 aliphatic heterocycles. The van der Waals surface area contributed by atoms with Gasteiger partial charge in [0.1, 0.15) is 0 Å². The lowest BCUT2D eigenvalue weighted by molar-refractivity contribution is -0.136. The quantitative estimate of drug-likeness (QED) is 0.381. The Morgan fingerprint density at radius 2 is 1.75 bits per heavy atom. The number of carboxylic acids is 1. The molecule has 0 fully saturated rings. The average Bonchev–Trinajstić information content (AvgIpc) is 3.02. The fraction of sp³-hybridized carbons (Fsp3) is 0.160. The zero-order valence-corrected chi connectivity index (χ0v) is 19.3. The third kappa shape index (κ3) is 4.43. The summed E-state index contributed by atoms with van der Waals surface area (Å²) < 4.78 is 2.58. The largest absolute Gasteiger partial charge is 0.481 e. The number of aryl methyl sites for hydroxylation is 1. The van der Waals surface area contributed by atoms with E-state index in [2.05, 4.69) is 26.3 Å². The van der Waals surface area contributed by atoms with Crippen molar-refractivity contribution < 1.29 is 14.7 Å². The Balaban J connectivity index is 1.48. The number of benzene rings is 3. The number of nitrogens with zero attached hydrogens (tertiary/aromatic N) is 2. The SMILES string of the molecule is Cc1nn(Cc2ccc(NC(=O)c3ccc4ccccc4c3Br)cc2)c(C)c1CC(=O)O. The van der Waals surface area contributed by atoms with Crippen LogP contribution < -0.4 is 5.32 Å². The molecule has 0 bridgehead atoms. The molecule has 0 spiro atoms. The molecule has 6 nitrogen and oxygen atoms in total. The molecule has 1 aromatic heterocycles. The van der Waals surface area contributed by atoms with Crippen LogP contribution in [0.4, 0.5) is 5.69 Å². The summed E-state index contributed by atoms with van der Waals surface area (Å²) in [7, 11) is 0. The van der Waals surface area contributed by atoms with Gasteiger partial charge in [-0.3, -0.25) is 14.3 Å². The number of nitrogens with one attached hydrogen (secondary N) is 1. The van der Waals surface area contributed by atoms with Gasteiger partial charge in [0.05, 0.1) is 24.2 Å². The van der Waals surface area contributed by atoms with Crippen LogP contribution in [-0.4, -0.2) is 26.8 Å². The van der Waals surface area contributed by atoms with Gasteiger partial charge < -0.3 is 10.4 Å². The minimum atomic E-state index is -0.867. The predicted octanol–water partition coefficient (Wildman–Crippen LogP) is 5.34. The number of aromatic nitrogens is 2. The molecule has 1 heterocycles.